The summed E-state index contributed by atoms with van der Waals surface area (Å²) in [5, 5.41) is 2.81. The molecule has 0 unspecified atom stereocenters. The molecule has 1 amide bonds. The first kappa shape index (κ1) is 18.9. The number of nitrogens with one attached hydrogen (secondary N) is 1. The molecule has 0 aliphatic carbocycles. The minimum Gasteiger partial charge on any atom is -0.444 e. The van der Waals surface area contributed by atoms with E-state index in [1.807, 2.05) is 57.2 Å². The Morgan fingerprint density at radius 2 is 1.91 bits per heavy atom. The zero-order valence-electron chi connectivity index (χ0n) is 14.5. The van der Waals surface area contributed by atoms with Crippen LogP contribution in [0.25, 0.3) is 0 Å². The predicted molar refractivity (Wildman–Crippen MR) is 92.2 cm³/mol. The van der Waals surface area contributed by atoms with Crippen LogP contribution < -0.4 is 5.32 Å². The van der Waals surface area contributed by atoms with Crippen molar-refractivity contribution in [3.63, 3.8) is 0 Å². The van der Waals surface area contributed by atoms with Crippen LogP contribution in [0.3, 0.4) is 0 Å². The van der Waals surface area contributed by atoms with Crippen LogP contribution >= 0.6 is 0 Å². The smallest absolute Gasteiger partial charge is 0.408 e. The summed E-state index contributed by atoms with van der Waals surface area (Å²) >= 11 is 0. The average molecular weight is 317 g/mol. The molecule has 4 nitrogen and oxygen atoms in total. The summed E-state index contributed by atoms with van der Waals surface area (Å²) < 4.78 is 5.32. The van der Waals surface area contributed by atoms with E-state index in [0.717, 1.165) is 31.1 Å². The van der Waals surface area contributed by atoms with E-state index in [-0.39, 0.29) is 0 Å². The van der Waals surface area contributed by atoms with Gasteiger partial charge in [0.05, 0.1) is 6.04 Å². The minimum atomic E-state index is -0.585. The topological polar surface area (TPSA) is 55.4 Å². The number of carbonyl (C=O) groups is 2. The molecule has 1 rings (SSSR count). The third kappa shape index (κ3) is 7.13. The van der Waals surface area contributed by atoms with Gasteiger partial charge >= 0.3 is 6.09 Å². The highest BCUT2D eigenvalue weighted by Gasteiger charge is 2.22. The molecule has 1 N–H and O–H groups in total. The maximum Gasteiger partial charge on any atom is 0.408 e. The second kappa shape index (κ2) is 9.13. The van der Waals surface area contributed by atoms with Crippen molar-refractivity contribution in [1.82, 2.24) is 5.32 Å². The van der Waals surface area contributed by atoms with Gasteiger partial charge in [0.15, 0.2) is 0 Å². The minimum absolute atomic E-state index is 0.500. The molecule has 126 valence electrons. The Labute approximate surface area is 138 Å². The van der Waals surface area contributed by atoms with Gasteiger partial charge < -0.3 is 10.1 Å². The fraction of sp³-hybridized carbons (Fsp3) is 0.474. The van der Waals surface area contributed by atoms with Crippen molar-refractivity contribution in [2.45, 2.75) is 58.6 Å². The van der Waals surface area contributed by atoms with Crippen molar-refractivity contribution in [2.24, 2.45) is 0 Å². The van der Waals surface area contributed by atoms with Gasteiger partial charge in [-0.15, -0.1) is 0 Å². The van der Waals surface area contributed by atoms with Gasteiger partial charge in [0.2, 0.25) is 0 Å². The molecular weight excluding hydrogens is 290 g/mol. The number of benzene rings is 1. The molecule has 23 heavy (non-hydrogen) atoms. The number of unbranched alkanes of at least 4 members (excludes halogenated alkanes) is 2. The Bertz CT molecular complexity index is 529. The van der Waals surface area contributed by atoms with Crippen LogP contribution in [0, 0.1) is 0 Å². The fourth-order valence-corrected chi connectivity index (χ4v) is 2.14. The third-order valence-electron chi connectivity index (χ3n) is 3.20. The molecular formula is C19H27NO3. The predicted octanol–water partition coefficient (Wildman–Crippen LogP) is 4.57. The number of hydrogen-bond donors (Lipinski definition) is 1. The molecule has 0 heterocycles. The Morgan fingerprint density at radius 3 is 2.43 bits per heavy atom. The van der Waals surface area contributed by atoms with Gasteiger partial charge in [-0.2, -0.15) is 0 Å². The van der Waals surface area contributed by atoms with Gasteiger partial charge in [0, 0.05) is 5.57 Å². The van der Waals surface area contributed by atoms with Crippen molar-refractivity contribution in [3.05, 3.63) is 47.5 Å². The molecule has 0 radical (unpaired) electrons. The van der Waals surface area contributed by atoms with Crippen LogP contribution in [-0.4, -0.2) is 18.0 Å². The fourth-order valence-electron chi connectivity index (χ4n) is 2.14. The Kier molecular flexibility index (Phi) is 7.52. The van der Waals surface area contributed by atoms with Gasteiger partial charge in [-0.3, -0.25) is 4.79 Å². The van der Waals surface area contributed by atoms with E-state index in [0.29, 0.717) is 5.57 Å². The molecule has 0 aliphatic rings. The van der Waals surface area contributed by atoms with Crippen molar-refractivity contribution in [2.75, 3.05) is 0 Å². The zero-order chi connectivity index (χ0) is 17.3. The highest BCUT2D eigenvalue weighted by molar-refractivity contribution is 5.78. The van der Waals surface area contributed by atoms with Crippen LogP contribution in [0.4, 0.5) is 4.79 Å². The standard InChI is InChI=1S/C19H27NO3/c1-5-6-8-13-16(14-21)17(15-11-9-7-10-12-15)20-18(22)23-19(2,3)4/h7,9-14,17H,5-6,8H2,1-4H3,(H,20,22)/b16-13+/t17-/m1/s1. The van der Waals surface area contributed by atoms with E-state index in [1.165, 1.54) is 0 Å². The summed E-state index contributed by atoms with van der Waals surface area (Å²) in [7, 11) is 0. The maximum atomic E-state index is 12.1. The van der Waals surface area contributed by atoms with Crippen molar-refractivity contribution in [3.8, 4) is 0 Å². The molecule has 1 atom stereocenters. The number of hydrogen-bond acceptors (Lipinski definition) is 3. The van der Waals surface area contributed by atoms with Crippen LogP contribution in [0.1, 0.15) is 58.6 Å². The normalized spacial score (nSPS) is 13.3. The van der Waals surface area contributed by atoms with Gasteiger partial charge in [-0.05, 0) is 32.8 Å². The molecule has 0 aliphatic heterocycles. The lowest BCUT2D eigenvalue weighted by molar-refractivity contribution is -0.105. The molecule has 0 bridgehead atoms. The van der Waals surface area contributed by atoms with Crippen molar-refractivity contribution in [1.29, 1.82) is 0 Å². The lowest BCUT2D eigenvalue weighted by atomic mass is 9.98. The number of aldehydes is 1. The molecule has 1 aromatic rings. The highest BCUT2D eigenvalue weighted by Crippen LogP contribution is 2.22. The monoisotopic (exact) mass is 317 g/mol. The van der Waals surface area contributed by atoms with Crippen LogP contribution in [0.2, 0.25) is 0 Å². The summed E-state index contributed by atoms with van der Waals surface area (Å²) in [5.74, 6) is 0. The van der Waals surface area contributed by atoms with Crippen molar-refractivity contribution < 1.29 is 14.3 Å². The summed E-state index contributed by atoms with van der Waals surface area (Å²) in [5.41, 5.74) is 0.821. The van der Waals surface area contributed by atoms with E-state index < -0.39 is 17.7 Å². The van der Waals surface area contributed by atoms with Gasteiger partial charge in [0.25, 0.3) is 0 Å². The van der Waals surface area contributed by atoms with Gasteiger partial charge in [-0.1, -0.05) is 56.2 Å². The second-order valence-electron chi connectivity index (χ2n) is 6.45. The quantitative estimate of drug-likeness (QED) is 0.455. The van der Waals surface area contributed by atoms with E-state index in [9.17, 15) is 9.59 Å². The lowest BCUT2D eigenvalue weighted by Crippen LogP contribution is -2.36. The average Bonchev–Trinajstić information content (AvgIpc) is 2.49. The Balaban J connectivity index is 3.00. The number of ether oxygens (including phenoxy) is 1. The maximum absolute atomic E-state index is 12.1. The summed E-state index contributed by atoms with van der Waals surface area (Å²) in [6, 6.07) is 8.94. The third-order valence-corrected chi connectivity index (χ3v) is 3.20. The van der Waals surface area contributed by atoms with E-state index in [4.69, 9.17) is 4.74 Å². The van der Waals surface area contributed by atoms with Crippen molar-refractivity contribution >= 4 is 12.4 Å². The molecule has 0 fully saturated rings. The number of alkyl carbamates (subject to hydrolysis) is 1. The van der Waals surface area contributed by atoms with Crippen LogP contribution in [0.5, 0.6) is 0 Å². The lowest BCUT2D eigenvalue weighted by Gasteiger charge is -2.24. The van der Waals surface area contributed by atoms with Crippen LogP contribution in [0.15, 0.2) is 42.0 Å². The Morgan fingerprint density at radius 1 is 1.26 bits per heavy atom. The van der Waals surface area contributed by atoms with E-state index >= 15 is 0 Å². The first-order chi connectivity index (χ1) is 10.9. The van der Waals surface area contributed by atoms with Gasteiger partial charge in [0.1, 0.15) is 11.9 Å². The largest absolute Gasteiger partial charge is 0.444 e. The molecule has 0 saturated carbocycles. The summed E-state index contributed by atoms with van der Waals surface area (Å²) in [6.45, 7) is 7.52. The van der Waals surface area contributed by atoms with Crippen LogP contribution in [-0.2, 0) is 9.53 Å². The first-order valence-corrected chi connectivity index (χ1v) is 8.07. The molecule has 0 aromatic heterocycles. The van der Waals surface area contributed by atoms with Gasteiger partial charge in [-0.25, -0.2) is 4.79 Å². The summed E-state index contributed by atoms with van der Waals surface area (Å²) in [4.78, 5) is 23.6. The second-order valence-corrected chi connectivity index (χ2v) is 6.45. The molecule has 0 saturated heterocycles. The first-order valence-electron chi connectivity index (χ1n) is 8.07. The van der Waals surface area contributed by atoms with E-state index in [2.05, 4.69) is 12.2 Å². The number of rotatable bonds is 7. The number of allylic oxidation sites excluding steroid dienone is 1. The molecule has 1 aromatic carbocycles. The molecule has 4 heteroatoms. The number of amides is 1. The summed E-state index contributed by atoms with van der Waals surface area (Å²) in [6.07, 6.45) is 5.04. The number of carbonyl (C=O) groups excluding carboxylic acids is 2. The molecule has 0 spiro atoms. The Hall–Kier alpha value is -2.10. The SMILES string of the molecule is CCCC/C=C(\C=O)[C@H](NC(=O)OC(C)(C)C)c1ccccc1. The van der Waals surface area contributed by atoms with E-state index in [1.54, 1.807) is 0 Å². The highest BCUT2D eigenvalue weighted by atomic mass is 16.6. The zero-order valence-corrected chi connectivity index (χ0v) is 14.5.